The molecule has 0 radical (unpaired) electrons. The largest absolute Gasteiger partial charge is 0.378 e. The van der Waals surface area contributed by atoms with E-state index in [4.69, 9.17) is 4.74 Å². The minimum absolute atomic E-state index is 0.524. The zero-order chi connectivity index (χ0) is 13.1. The number of nitrogens with one attached hydrogen (secondary N) is 1. The first kappa shape index (κ1) is 16.3. The van der Waals surface area contributed by atoms with Crippen molar-refractivity contribution in [2.75, 3.05) is 25.4 Å². The van der Waals surface area contributed by atoms with Gasteiger partial charge in [0.15, 0.2) is 0 Å². The third-order valence-electron chi connectivity index (χ3n) is 3.95. The molecule has 1 atom stereocenters. The summed E-state index contributed by atoms with van der Waals surface area (Å²) >= 11 is 4.17. The van der Waals surface area contributed by atoms with Crippen molar-refractivity contribution < 1.29 is 4.74 Å². The molecule has 1 rings (SSSR count). The van der Waals surface area contributed by atoms with E-state index in [9.17, 15) is 0 Å². The molecule has 1 aliphatic carbocycles. The Morgan fingerprint density at radius 2 is 1.94 bits per heavy atom. The van der Waals surface area contributed by atoms with E-state index in [1.54, 1.807) is 0 Å². The van der Waals surface area contributed by atoms with E-state index in [1.807, 2.05) is 0 Å². The van der Waals surface area contributed by atoms with Gasteiger partial charge in [0.05, 0.1) is 6.10 Å². The Labute approximate surface area is 119 Å². The summed E-state index contributed by atoms with van der Waals surface area (Å²) in [5.74, 6) is 1.77. The van der Waals surface area contributed by atoms with Crippen molar-refractivity contribution in [3.8, 4) is 0 Å². The van der Waals surface area contributed by atoms with Crippen LogP contribution in [0.15, 0.2) is 0 Å². The van der Waals surface area contributed by atoms with Crippen molar-refractivity contribution in [2.24, 2.45) is 5.92 Å². The minimum atomic E-state index is 0.524. The zero-order valence-electron chi connectivity index (χ0n) is 12.0. The Morgan fingerprint density at radius 3 is 2.61 bits per heavy atom. The second-order valence-corrected chi connectivity index (χ2v) is 5.84. The van der Waals surface area contributed by atoms with E-state index in [0.717, 1.165) is 31.4 Å². The highest BCUT2D eigenvalue weighted by Gasteiger charge is 2.22. The lowest BCUT2D eigenvalue weighted by atomic mass is 9.84. The van der Waals surface area contributed by atoms with E-state index in [2.05, 4.69) is 24.9 Å². The summed E-state index contributed by atoms with van der Waals surface area (Å²) in [6.45, 7) is 5.33. The highest BCUT2D eigenvalue weighted by atomic mass is 32.1. The molecule has 1 fully saturated rings. The molecule has 0 amide bonds. The van der Waals surface area contributed by atoms with Crippen LogP contribution < -0.4 is 5.32 Å². The van der Waals surface area contributed by atoms with Gasteiger partial charge in [-0.3, -0.25) is 0 Å². The maximum absolute atomic E-state index is 6.09. The van der Waals surface area contributed by atoms with Crippen LogP contribution in [-0.4, -0.2) is 31.6 Å². The standard InChI is InChI=1S/C15H31NOS/c1-2-15(14-8-4-3-5-9-14)17-12-7-6-10-16-11-13-18/h14-16,18H,2-13H2,1H3/t15-/m1/s1. The van der Waals surface area contributed by atoms with Gasteiger partial charge in [0, 0.05) is 18.9 Å². The average molecular weight is 273 g/mol. The second kappa shape index (κ2) is 11.1. The maximum Gasteiger partial charge on any atom is 0.0600 e. The second-order valence-electron chi connectivity index (χ2n) is 5.40. The summed E-state index contributed by atoms with van der Waals surface area (Å²) in [6.07, 6.45) is 11.2. The Hall–Kier alpha value is 0.270. The summed E-state index contributed by atoms with van der Waals surface area (Å²) in [7, 11) is 0. The first-order chi connectivity index (χ1) is 8.88. The molecule has 0 saturated heterocycles. The number of hydrogen-bond acceptors (Lipinski definition) is 3. The van der Waals surface area contributed by atoms with Crippen molar-refractivity contribution in [3.05, 3.63) is 0 Å². The van der Waals surface area contributed by atoms with E-state index in [0.29, 0.717) is 6.10 Å². The maximum atomic E-state index is 6.09. The lowest BCUT2D eigenvalue weighted by Crippen LogP contribution is -2.26. The smallest absolute Gasteiger partial charge is 0.0600 e. The van der Waals surface area contributed by atoms with Crippen molar-refractivity contribution >= 4 is 12.6 Å². The molecule has 2 nitrogen and oxygen atoms in total. The third-order valence-corrected chi connectivity index (χ3v) is 4.17. The van der Waals surface area contributed by atoms with Crippen molar-refractivity contribution in [1.29, 1.82) is 0 Å². The Bertz CT molecular complexity index is 183. The Morgan fingerprint density at radius 1 is 1.17 bits per heavy atom. The van der Waals surface area contributed by atoms with Crippen LogP contribution in [-0.2, 0) is 4.74 Å². The van der Waals surface area contributed by atoms with Gasteiger partial charge in [0.2, 0.25) is 0 Å². The van der Waals surface area contributed by atoms with Crippen LogP contribution in [0.4, 0.5) is 0 Å². The Kier molecular flexibility index (Phi) is 10.1. The summed E-state index contributed by atoms with van der Waals surface area (Å²) in [6, 6.07) is 0. The molecule has 0 aliphatic heterocycles. The molecule has 0 bridgehead atoms. The molecule has 1 saturated carbocycles. The lowest BCUT2D eigenvalue weighted by molar-refractivity contribution is -0.00329. The van der Waals surface area contributed by atoms with Gasteiger partial charge in [-0.2, -0.15) is 12.6 Å². The molecule has 108 valence electrons. The molecule has 0 heterocycles. The van der Waals surface area contributed by atoms with Crippen LogP contribution in [0, 0.1) is 5.92 Å². The van der Waals surface area contributed by atoms with E-state index >= 15 is 0 Å². The number of hydrogen-bond donors (Lipinski definition) is 2. The van der Waals surface area contributed by atoms with Crippen LogP contribution >= 0.6 is 12.6 Å². The summed E-state index contributed by atoms with van der Waals surface area (Å²) in [5.41, 5.74) is 0. The average Bonchev–Trinajstić information content (AvgIpc) is 2.43. The molecule has 0 aromatic rings. The van der Waals surface area contributed by atoms with Gasteiger partial charge in [-0.25, -0.2) is 0 Å². The van der Waals surface area contributed by atoms with Gasteiger partial charge in [0.1, 0.15) is 0 Å². The van der Waals surface area contributed by atoms with E-state index in [1.165, 1.54) is 51.4 Å². The first-order valence-corrected chi connectivity index (χ1v) is 8.45. The topological polar surface area (TPSA) is 21.3 Å². The van der Waals surface area contributed by atoms with Gasteiger partial charge < -0.3 is 10.1 Å². The molecule has 0 unspecified atom stereocenters. The summed E-state index contributed by atoms with van der Waals surface area (Å²) in [4.78, 5) is 0. The van der Waals surface area contributed by atoms with Crippen LogP contribution in [0.5, 0.6) is 0 Å². The van der Waals surface area contributed by atoms with Gasteiger partial charge in [-0.15, -0.1) is 0 Å². The van der Waals surface area contributed by atoms with E-state index in [-0.39, 0.29) is 0 Å². The van der Waals surface area contributed by atoms with Gasteiger partial charge in [-0.1, -0.05) is 26.2 Å². The van der Waals surface area contributed by atoms with Crippen LogP contribution in [0.1, 0.15) is 58.3 Å². The normalized spacial score (nSPS) is 19.0. The molecule has 1 N–H and O–H groups in total. The fourth-order valence-corrected chi connectivity index (χ4v) is 3.04. The minimum Gasteiger partial charge on any atom is -0.378 e. The lowest BCUT2D eigenvalue weighted by Gasteiger charge is -2.29. The monoisotopic (exact) mass is 273 g/mol. The molecule has 3 heteroatoms. The number of thiol groups is 1. The number of ether oxygens (including phenoxy) is 1. The molecular formula is C15H31NOS. The predicted octanol–water partition coefficient (Wildman–Crippen LogP) is 3.66. The highest BCUT2D eigenvalue weighted by Crippen LogP contribution is 2.29. The molecule has 1 aliphatic rings. The number of unbranched alkanes of at least 4 members (excludes halogenated alkanes) is 1. The van der Waals surface area contributed by atoms with Crippen molar-refractivity contribution in [3.63, 3.8) is 0 Å². The third kappa shape index (κ3) is 7.01. The van der Waals surface area contributed by atoms with Gasteiger partial charge in [-0.05, 0) is 44.6 Å². The first-order valence-electron chi connectivity index (χ1n) is 7.81. The fourth-order valence-electron chi connectivity index (χ4n) is 2.88. The van der Waals surface area contributed by atoms with Crippen LogP contribution in [0.25, 0.3) is 0 Å². The summed E-state index contributed by atoms with van der Waals surface area (Å²) in [5, 5.41) is 3.37. The quantitative estimate of drug-likeness (QED) is 0.468. The highest BCUT2D eigenvalue weighted by molar-refractivity contribution is 7.80. The SMILES string of the molecule is CC[C@@H](OCCCCNCCS)C1CCCCC1. The van der Waals surface area contributed by atoms with Crippen molar-refractivity contribution in [1.82, 2.24) is 5.32 Å². The van der Waals surface area contributed by atoms with Crippen LogP contribution in [0.3, 0.4) is 0 Å². The predicted molar refractivity (Wildman–Crippen MR) is 82.6 cm³/mol. The Balaban J connectivity index is 2.00. The zero-order valence-corrected chi connectivity index (χ0v) is 12.9. The fraction of sp³-hybridized carbons (Fsp3) is 1.00. The van der Waals surface area contributed by atoms with Crippen molar-refractivity contribution in [2.45, 2.75) is 64.4 Å². The van der Waals surface area contributed by atoms with E-state index < -0.39 is 0 Å². The summed E-state index contributed by atoms with van der Waals surface area (Å²) < 4.78 is 6.09. The molecule has 0 spiro atoms. The number of rotatable bonds is 10. The molecule has 18 heavy (non-hydrogen) atoms. The molecular weight excluding hydrogens is 242 g/mol. The van der Waals surface area contributed by atoms with Crippen LogP contribution in [0.2, 0.25) is 0 Å². The van der Waals surface area contributed by atoms with Gasteiger partial charge in [0.25, 0.3) is 0 Å². The molecule has 0 aromatic carbocycles. The molecule has 0 aromatic heterocycles. The van der Waals surface area contributed by atoms with Gasteiger partial charge >= 0.3 is 0 Å².